The monoisotopic (exact) mass is 471 g/mol. The number of pyridine rings is 1. The first-order valence-electron chi connectivity index (χ1n) is 8.05. The Balaban J connectivity index is 1.86. The first-order valence-corrected chi connectivity index (χ1v) is 10.3. The summed E-state index contributed by atoms with van der Waals surface area (Å²) in [4.78, 5) is 4.61. The predicted molar refractivity (Wildman–Crippen MR) is 109 cm³/mol. The summed E-state index contributed by atoms with van der Waals surface area (Å²) in [6, 6.07) is 16.3. The van der Waals surface area contributed by atoms with Crippen LogP contribution in [0.15, 0.2) is 67.1 Å². The van der Waals surface area contributed by atoms with Crippen LogP contribution >= 0.6 is 31.9 Å². The van der Waals surface area contributed by atoms with E-state index < -0.39 is 0 Å². The highest BCUT2D eigenvalue weighted by Crippen LogP contribution is 2.28. The molecular weight excluding hydrogens is 458 g/mol. The lowest BCUT2D eigenvalue weighted by Gasteiger charge is -2.12. The van der Waals surface area contributed by atoms with Crippen LogP contribution in [0.4, 0.5) is 0 Å². The largest absolute Gasteiger partial charge is 0.238 e. The normalized spacial score (nSPS) is 11.0. The Morgan fingerprint density at radius 2 is 1.46 bits per heavy atom. The number of hydrogen-bond acceptors (Lipinski definition) is 3. The Bertz CT molecular complexity index is 1020. The van der Waals surface area contributed by atoms with E-state index in [4.69, 9.17) is 0 Å². The van der Waals surface area contributed by atoms with E-state index in [-0.39, 0.29) is 0 Å². The van der Waals surface area contributed by atoms with Crippen LogP contribution in [-0.4, -0.2) is 24.5 Å². The summed E-state index contributed by atoms with van der Waals surface area (Å²) in [6.07, 6.45) is 5.72. The molecule has 0 unspecified atom stereocenters. The van der Waals surface area contributed by atoms with Crippen LogP contribution in [0.25, 0.3) is 22.6 Å². The summed E-state index contributed by atoms with van der Waals surface area (Å²) in [5.41, 5.74) is 5.03. The SMILES string of the molecule is BrCc1ccn(-c2cc(-c3ccccc3)c(-n3ccc(CBr)n3)cn2)n1. The molecule has 0 atom stereocenters. The van der Waals surface area contributed by atoms with Crippen LogP contribution in [0.1, 0.15) is 11.4 Å². The third-order valence-corrected chi connectivity index (χ3v) is 5.15. The van der Waals surface area contributed by atoms with Gasteiger partial charge in [-0.2, -0.15) is 10.2 Å². The minimum atomic E-state index is 0.715. The summed E-state index contributed by atoms with van der Waals surface area (Å²) in [7, 11) is 0. The highest BCUT2D eigenvalue weighted by Gasteiger charge is 2.12. The highest BCUT2D eigenvalue weighted by atomic mass is 79.9. The zero-order valence-electron chi connectivity index (χ0n) is 13.8. The fourth-order valence-corrected chi connectivity index (χ4v) is 3.32. The molecule has 0 radical (unpaired) electrons. The van der Waals surface area contributed by atoms with Crippen LogP contribution in [0.5, 0.6) is 0 Å². The molecule has 0 amide bonds. The van der Waals surface area contributed by atoms with Gasteiger partial charge in [0.1, 0.15) is 0 Å². The van der Waals surface area contributed by atoms with Crippen molar-refractivity contribution in [1.29, 1.82) is 0 Å². The Kier molecular flexibility index (Phi) is 4.99. The van der Waals surface area contributed by atoms with E-state index >= 15 is 0 Å². The molecule has 0 spiro atoms. The first-order chi connectivity index (χ1) is 12.8. The first kappa shape index (κ1) is 17.2. The van der Waals surface area contributed by atoms with Crippen molar-refractivity contribution >= 4 is 31.9 Å². The molecular formula is C19H15Br2N5. The van der Waals surface area contributed by atoms with Gasteiger partial charge < -0.3 is 0 Å². The number of rotatable bonds is 5. The minimum absolute atomic E-state index is 0.715. The Morgan fingerprint density at radius 1 is 0.808 bits per heavy atom. The van der Waals surface area contributed by atoms with Gasteiger partial charge in [-0.15, -0.1) is 0 Å². The molecule has 1 aromatic carbocycles. The topological polar surface area (TPSA) is 48.5 Å². The van der Waals surface area contributed by atoms with Crippen molar-refractivity contribution < 1.29 is 0 Å². The zero-order chi connectivity index (χ0) is 17.9. The molecule has 0 aliphatic carbocycles. The molecule has 3 aromatic heterocycles. The number of aromatic nitrogens is 5. The summed E-state index contributed by atoms with van der Waals surface area (Å²) in [6.45, 7) is 0. The van der Waals surface area contributed by atoms with Gasteiger partial charge in [0.15, 0.2) is 5.82 Å². The molecule has 0 aliphatic heterocycles. The Labute approximate surface area is 168 Å². The molecule has 0 N–H and O–H groups in total. The Hall–Kier alpha value is -2.25. The van der Waals surface area contributed by atoms with E-state index in [9.17, 15) is 0 Å². The summed E-state index contributed by atoms with van der Waals surface area (Å²) in [5, 5.41) is 10.6. The predicted octanol–water partition coefficient (Wildman–Crippen LogP) is 4.91. The van der Waals surface area contributed by atoms with E-state index in [0.29, 0.717) is 5.33 Å². The number of benzene rings is 1. The molecule has 4 aromatic rings. The maximum Gasteiger partial charge on any atom is 0.154 e. The number of hydrogen-bond donors (Lipinski definition) is 0. The van der Waals surface area contributed by atoms with Gasteiger partial charge in [-0.25, -0.2) is 14.3 Å². The summed E-state index contributed by atoms with van der Waals surface area (Å²) < 4.78 is 3.66. The van der Waals surface area contributed by atoms with Gasteiger partial charge in [0.2, 0.25) is 0 Å². The van der Waals surface area contributed by atoms with E-state index in [1.807, 2.05) is 59.7 Å². The van der Waals surface area contributed by atoms with Crippen molar-refractivity contribution in [2.24, 2.45) is 0 Å². The maximum atomic E-state index is 4.61. The van der Waals surface area contributed by atoms with Gasteiger partial charge in [-0.1, -0.05) is 62.2 Å². The third kappa shape index (κ3) is 3.37. The molecule has 5 nitrogen and oxygen atoms in total. The molecule has 0 saturated heterocycles. The van der Waals surface area contributed by atoms with E-state index in [2.05, 4.69) is 59.2 Å². The molecule has 0 bridgehead atoms. The van der Waals surface area contributed by atoms with Crippen LogP contribution in [0, 0.1) is 0 Å². The Morgan fingerprint density at radius 3 is 2.12 bits per heavy atom. The van der Waals surface area contributed by atoms with Crippen LogP contribution in [0.2, 0.25) is 0 Å². The lowest BCUT2D eigenvalue weighted by Crippen LogP contribution is -2.04. The van der Waals surface area contributed by atoms with Crippen LogP contribution in [0.3, 0.4) is 0 Å². The quantitative estimate of drug-likeness (QED) is 0.388. The standard InChI is InChI=1S/C19H15Br2N5/c20-11-15-6-8-25(23-15)18-13-22-19(26-9-7-16(12-21)24-26)10-17(18)14-4-2-1-3-5-14/h1-10,13H,11-12H2. The molecule has 26 heavy (non-hydrogen) atoms. The van der Waals surface area contributed by atoms with Gasteiger partial charge >= 0.3 is 0 Å². The minimum Gasteiger partial charge on any atom is -0.238 e. The summed E-state index contributed by atoms with van der Waals surface area (Å²) >= 11 is 6.89. The van der Waals surface area contributed by atoms with E-state index in [1.54, 1.807) is 4.68 Å². The lowest BCUT2D eigenvalue weighted by molar-refractivity contribution is 0.818. The van der Waals surface area contributed by atoms with Crippen molar-refractivity contribution in [3.05, 3.63) is 78.5 Å². The molecule has 3 heterocycles. The molecule has 0 saturated carbocycles. The molecule has 4 rings (SSSR count). The van der Waals surface area contributed by atoms with Crippen molar-refractivity contribution in [2.45, 2.75) is 10.7 Å². The molecule has 0 fully saturated rings. The van der Waals surface area contributed by atoms with Crippen LogP contribution in [-0.2, 0) is 10.7 Å². The molecule has 130 valence electrons. The second kappa shape index (κ2) is 7.55. The number of alkyl halides is 2. The molecule has 7 heteroatoms. The van der Waals surface area contributed by atoms with Crippen molar-refractivity contribution in [3.63, 3.8) is 0 Å². The van der Waals surface area contributed by atoms with E-state index in [1.165, 1.54) is 0 Å². The number of halogens is 2. The van der Waals surface area contributed by atoms with Crippen molar-refractivity contribution in [3.8, 4) is 22.6 Å². The maximum absolute atomic E-state index is 4.61. The zero-order valence-corrected chi connectivity index (χ0v) is 16.9. The lowest BCUT2D eigenvalue weighted by atomic mass is 10.1. The second-order valence-electron chi connectivity index (χ2n) is 5.70. The van der Waals surface area contributed by atoms with Crippen molar-refractivity contribution in [1.82, 2.24) is 24.5 Å². The highest BCUT2D eigenvalue weighted by molar-refractivity contribution is 9.08. The van der Waals surface area contributed by atoms with Crippen LogP contribution < -0.4 is 0 Å². The van der Waals surface area contributed by atoms with Gasteiger partial charge in [-0.05, 0) is 23.8 Å². The number of nitrogens with zero attached hydrogens (tertiary/aromatic N) is 5. The van der Waals surface area contributed by atoms with Crippen molar-refractivity contribution in [2.75, 3.05) is 0 Å². The van der Waals surface area contributed by atoms with Gasteiger partial charge in [-0.3, -0.25) is 0 Å². The average molecular weight is 473 g/mol. The smallest absolute Gasteiger partial charge is 0.154 e. The fourth-order valence-electron chi connectivity index (χ4n) is 2.72. The second-order valence-corrected chi connectivity index (χ2v) is 6.82. The summed E-state index contributed by atoms with van der Waals surface area (Å²) in [5.74, 6) is 0.771. The third-order valence-electron chi connectivity index (χ3n) is 4.00. The van der Waals surface area contributed by atoms with Gasteiger partial charge in [0.05, 0.1) is 23.3 Å². The van der Waals surface area contributed by atoms with E-state index in [0.717, 1.165) is 39.4 Å². The van der Waals surface area contributed by atoms with Gasteiger partial charge in [0.25, 0.3) is 0 Å². The van der Waals surface area contributed by atoms with Gasteiger partial charge in [0, 0.05) is 28.6 Å². The average Bonchev–Trinajstić information content (AvgIpc) is 3.37. The molecule has 0 aliphatic rings. The fraction of sp³-hybridized carbons (Fsp3) is 0.105.